The molecule has 1 aromatic heterocycles. The van der Waals surface area contributed by atoms with E-state index >= 15 is 0 Å². The molecule has 29 heavy (non-hydrogen) atoms. The predicted molar refractivity (Wildman–Crippen MR) is 104 cm³/mol. The highest BCUT2D eigenvalue weighted by molar-refractivity contribution is 6.03. The van der Waals surface area contributed by atoms with Gasteiger partial charge in [0.15, 0.2) is 0 Å². The van der Waals surface area contributed by atoms with Gasteiger partial charge >= 0.3 is 18.0 Å². The summed E-state index contributed by atoms with van der Waals surface area (Å²) >= 11 is 0. The van der Waals surface area contributed by atoms with E-state index in [1.165, 1.54) is 0 Å². The van der Waals surface area contributed by atoms with E-state index < -0.39 is 29.6 Å². The molecule has 1 atom stereocenters. The molecule has 0 unspecified atom stereocenters. The summed E-state index contributed by atoms with van der Waals surface area (Å²) in [5, 5.41) is 5.68. The SMILES string of the molecule is CCOC(=O)C1=C(COC(=O)c2cc(=O)[nH]c3ccccc23)NC(=O)N[C@@H]1CC. The maximum absolute atomic E-state index is 12.6. The van der Waals surface area contributed by atoms with Crippen LogP contribution in [-0.4, -0.2) is 42.2 Å². The van der Waals surface area contributed by atoms with E-state index in [-0.39, 0.29) is 30.0 Å². The summed E-state index contributed by atoms with van der Waals surface area (Å²) in [7, 11) is 0. The largest absolute Gasteiger partial charge is 0.463 e. The van der Waals surface area contributed by atoms with Crippen LogP contribution in [0.2, 0.25) is 0 Å². The average molecular weight is 399 g/mol. The van der Waals surface area contributed by atoms with Crippen LogP contribution in [0.15, 0.2) is 46.4 Å². The number of para-hydroxylation sites is 1. The van der Waals surface area contributed by atoms with Crippen LogP contribution in [0.1, 0.15) is 30.6 Å². The Bertz CT molecular complexity index is 1060. The number of aromatic amines is 1. The summed E-state index contributed by atoms with van der Waals surface area (Å²) < 4.78 is 10.4. The molecule has 1 aromatic carbocycles. The zero-order valence-electron chi connectivity index (χ0n) is 16.0. The number of benzene rings is 1. The van der Waals surface area contributed by atoms with Gasteiger partial charge in [0.2, 0.25) is 5.56 Å². The van der Waals surface area contributed by atoms with Gasteiger partial charge in [-0.15, -0.1) is 0 Å². The maximum Gasteiger partial charge on any atom is 0.339 e. The Hall–Kier alpha value is -3.62. The van der Waals surface area contributed by atoms with Crippen LogP contribution in [0.25, 0.3) is 10.9 Å². The van der Waals surface area contributed by atoms with Gasteiger partial charge in [-0.2, -0.15) is 0 Å². The average Bonchev–Trinajstić information content (AvgIpc) is 2.70. The van der Waals surface area contributed by atoms with Gasteiger partial charge in [0.25, 0.3) is 0 Å². The molecule has 0 bridgehead atoms. The first-order chi connectivity index (χ1) is 13.9. The molecule has 0 spiro atoms. The van der Waals surface area contributed by atoms with Crippen LogP contribution in [0.5, 0.6) is 0 Å². The number of aromatic nitrogens is 1. The summed E-state index contributed by atoms with van der Waals surface area (Å²) in [5.74, 6) is -1.34. The molecule has 0 radical (unpaired) electrons. The predicted octanol–water partition coefficient (Wildman–Crippen LogP) is 1.59. The second-order valence-electron chi connectivity index (χ2n) is 6.34. The van der Waals surface area contributed by atoms with Crippen molar-refractivity contribution < 1.29 is 23.9 Å². The van der Waals surface area contributed by atoms with Crippen LogP contribution in [0.3, 0.4) is 0 Å². The Kier molecular flexibility index (Phi) is 5.96. The summed E-state index contributed by atoms with van der Waals surface area (Å²) in [6, 6.07) is 6.92. The molecule has 152 valence electrons. The number of hydrogen-bond donors (Lipinski definition) is 3. The van der Waals surface area contributed by atoms with Gasteiger partial charge in [-0.1, -0.05) is 25.1 Å². The standard InChI is InChI=1S/C20H21N3O6/c1-3-13-17(19(26)28-4-2)15(23-20(27)22-13)10-29-18(25)12-9-16(24)21-14-8-6-5-7-11(12)14/h5-9,13H,3-4,10H2,1-2H3,(H,21,24)(H2,22,23,27)/t13-/m1/s1. The van der Waals surface area contributed by atoms with Crippen molar-refractivity contribution in [3.8, 4) is 0 Å². The van der Waals surface area contributed by atoms with Crippen molar-refractivity contribution in [1.29, 1.82) is 0 Å². The second-order valence-corrected chi connectivity index (χ2v) is 6.34. The number of carbonyl (C=O) groups excluding carboxylic acids is 3. The molecule has 2 amide bonds. The van der Waals surface area contributed by atoms with Crippen LogP contribution in [0, 0.1) is 0 Å². The van der Waals surface area contributed by atoms with Crippen LogP contribution >= 0.6 is 0 Å². The highest BCUT2D eigenvalue weighted by Gasteiger charge is 2.32. The molecule has 2 aromatic rings. The molecule has 3 N–H and O–H groups in total. The van der Waals surface area contributed by atoms with E-state index in [0.29, 0.717) is 17.3 Å². The summed E-state index contributed by atoms with van der Waals surface area (Å²) in [6.45, 7) is 3.30. The number of nitrogens with one attached hydrogen (secondary N) is 3. The number of ether oxygens (including phenoxy) is 2. The van der Waals surface area contributed by atoms with Gasteiger partial charge in [0.1, 0.15) is 6.61 Å². The topological polar surface area (TPSA) is 127 Å². The normalized spacial score (nSPS) is 16.2. The molecule has 0 saturated carbocycles. The zero-order chi connectivity index (χ0) is 21.0. The first-order valence-corrected chi connectivity index (χ1v) is 9.21. The smallest absolute Gasteiger partial charge is 0.339 e. The molecule has 0 saturated heterocycles. The van der Waals surface area contributed by atoms with Crippen molar-refractivity contribution in [2.75, 3.05) is 13.2 Å². The summed E-state index contributed by atoms with van der Waals surface area (Å²) in [5.41, 5.74) is 0.511. The number of rotatable bonds is 6. The number of urea groups is 1. The Balaban J connectivity index is 1.90. The second kappa shape index (κ2) is 8.59. The van der Waals surface area contributed by atoms with Crippen molar-refractivity contribution >= 4 is 28.9 Å². The van der Waals surface area contributed by atoms with Crippen molar-refractivity contribution in [3.05, 3.63) is 57.5 Å². The lowest BCUT2D eigenvalue weighted by atomic mass is 10.0. The molecule has 1 aliphatic heterocycles. The third kappa shape index (κ3) is 4.29. The van der Waals surface area contributed by atoms with Crippen molar-refractivity contribution in [3.63, 3.8) is 0 Å². The molecular weight excluding hydrogens is 378 g/mol. The first-order valence-electron chi connectivity index (χ1n) is 9.21. The molecule has 0 fully saturated rings. The monoisotopic (exact) mass is 399 g/mol. The van der Waals surface area contributed by atoms with Gasteiger partial charge in [0, 0.05) is 17.0 Å². The summed E-state index contributed by atoms with van der Waals surface area (Å²) in [6.07, 6.45) is 0.456. The van der Waals surface area contributed by atoms with E-state index in [4.69, 9.17) is 9.47 Å². The number of pyridine rings is 1. The lowest BCUT2D eigenvalue weighted by molar-refractivity contribution is -0.139. The van der Waals surface area contributed by atoms with E-state index in [9.17, 15) is 19.2 Å². The minimum absolute atomic E-state index is 0.0925. The quantitative estimate of drug-likeness (QED) is 0.633. The molecule has 0 aliphatic carbocycles. The summed E-state index contributed by atoms with van der Waals surface area (Å²) in [4.78, 5) is 51.4. The molecule has 2 heterocycles. The highest BCUT2D eigenvalue weighted by atomic mass is 16.5. The minimum atomic E-state index is -0.746. The van der Waals surface area contributed by atoms with Gasteiger partial charge in [-0.25, -0.2) is 14.4 Å². The van der Waals surface area contributed by atoms with Crippen molar-refractivity contribution in [2.45, 2.75) is 26.3 Å². The highest BCUT2D eigenvalue weighted by Crippen LogP contribution is 2.19. The fourth-order valence-corrected chi connectivity index (χ4v) is 3.16. The lowest BCUT2D eigenvalue weighted by Crippen LogP contribution is -2.51. The molecular formula is C20H21N3O6. The Labute approximate surface area is 166 Å². The van der Waals surface area contributed by atoms with E-state index in [1.807, 2.05) is 6.92 Å². The van der Waals surface area contributed by atoms with Gasteiger partial charge in [-0.3, -0.25) is 4.79 Å². The Morgan fingerprint density at radius 2 is 1.83 bits per heavy atom. The van der Waals surface area contributed by atoms with E-state index in [2.05, 4.69) is 15.6 Å². The maximum atomic E-state index is 12.6. The first kappa shape index (κ1) is 20.1. The van der Waals surface area contributed by atoms with Crippen LogP contribution < -0.4 is 16.2 Å². The third-order valence-electron chi connectivity index (χ3n) is 4.46. The number of esters is 2. The zero-order valence-corrected chi connectivity index (χ0v) is 16.0. The number of hydrogen-bond acceptors (Lipinski definition) is 6. The van der Waals surface area contributed by atoms with Crippen molar-refractivity contribution in [1.82, 2.24) is 15.6 Å². The Morgan fingerprint density at radius 1 is 1.07 bits per heavy atom. The van der Waals surface area contributed by atoms with E-state index in [1.54, 1.807) is 31.2 Å². The number of fused-ring (bicyclic) bond motifs is 1. The molecule has 9 heteroatoms. The molecule has 1 aliphatic rings. The third-order valence-corrected chi connectivity index (χ3v) is 4.46. The number of carbonyl (C=O) groups is 3. The molecule has 9 nitrogen and oxygen atoms in total. The van der Waals surface area contributed by atoms with Crippen LogP contribution in [0.4, 0.5) is 4.79 Å². The van der Waals surface area contributed by atoms with Gasteiger partial charge < -0.3 is 25.1 Å². The fraction of sp³-hybridized carbons (Fsp3) is 0.300. The van der Waals surface area contributed by atoms with Gasteiger partial charge in [0.05, 0.1) is 29.5 Å². The number of H-pyrrole nitrogens is 1. The van der Waals surface area contributed by atoms with Crippen molar-refractivity contribution in [2.24, 2.45) is 0 Å². The Morgan fingerprint density at radius 3 is 2.55 bits per heavy atom. The fourth-order valence-electron chi connectivity index (χ4n) is 3.16. The van der Waals surface area contributed by atoms with Crippen LogP contribution in [-0.2, 0) is 14.3 Å². The number of amides is 2. The lowest BCUT2D eigenvalue weighted by Gasteiger charge is -2.28. The minimum Gasteiger partial charge on any atom is -0.463 e. The molecule has 3 rings (SSSR count). The van der Waals surface area contributed by atoms with Gasteiger partial charge in [-0.05, 0) is 19.4 Å². The van der Waals surface area contributed by atoms with E-state index in [0.717, 1.165) is 6.07 Å².